The van der Waals surface area contributed by atoms with Crippen LogP contribution in [-0.4, -0.2) is 64.9 Å². The molecule has 2 amide bonds. The first kappa shape index (κ1) is 40.7. The summed E-state index contributed by atoms with van der Waals surface area (Å²) in [6.45, 7) is 2.51. The predicted octanol–water partition coefficient (Wildman–Crippen LogP) is 6.85. The maximum Gasteiger partial charge on any atom is 0.407 e. The van der Waals surface area contributed by atoms with Gasteiger partial charge in [0, 0.05) is 54.7 Å². The number of Topliss-reactive ketones (excluding diaryl/α,β-unsaturated/α-hetero) is 2. The number of rotatable bonds is 27. The van der Waals surface area contributed by atoms with Crippen LogP contribution in [0.5, 0.6) is 0 Å². The summed E-state index contributed by atoms with van der Waals surface area (Å²) in [5, 5.41) is 23.7. The fourth-order valence-corrected chi connectivity index (χ4v) is 5.09. The standard InChI is InChI=1S/C34H51BrN2O9/c1-25(16-21-32(41)42)37-34(45)46-23-11-5-10-22-36-31(40)15-9-3-2-7-13-29(38)24-27(33(43)44)12-6-4-8-14-30(39)26-17-19-28(35)20-18-26/h17-20,25,27H,2-16,21-24H2,1H3,(H,36,40)(H,37,45)(H,41,42)(H,43,44)/t25-,27?/m1/s1/i35+0. The van der Waals surface area contributed by atoms with E-state index in [2.05, 4.69) is 26.6 Å². The normalized spacial score (nSPS) is 12.1. The van der Waals surface area contributed by atoms with Crippen molar-refractivity contribution in [2.24, 2.45) is 5.92 Å². The van der Waals surface area contributed by atoms with Gasteiger partial charge in [-0.3, -0.25) is 24.0 Å². The molecule has 11 nitrogen and oxygen atoms in total. The van der Waals surface area contributed by atoms with E-state index in [4.69, 9.17) is 9.84 Å². The van der Waals surface area contributed by atoms with Crippen molar-refractivity contribution in [3.63, 3.8) is 0 Å². The highest BCUT2D eigenvalue weighted by atomic mass is 79.9. The highest BCUT2D eigenvalue weighted by Gasteiger charge is 2.20. The number of aliphatic carboxylic acids is 2. The Labute approximate surface area is 280 Å². The van der Waals surface area contributed by atoms with Gasteiger partial charge in [0.25, 0.3) is 0 Å². The van der Waals surface area contributed by atoms with Crippen LogP contribution in [0.3, 0.4) is 0 Å². The molecule has 0 heterocycles. The van der Waals surface area contributed by atoms with E-state index in [1.165, 1.54) is 0 Å². The fraction of sp³-hybridized carbons (Fsp3) is 0.647. The molecule has 0 fully saturated rings. The lowest BCUT2D eigenvalue weighted by Crippen LogP contribution is -2.33. The summed E-state index contributed by atoms with van der Waals surface area (Å²) >= 11 is 3.35. The summed E-state index contributed by atoms with van der Waals surface area (Å²) in [6, 6.07) is 6.94. The quantitative estimate of drug-likeness (QED) is 0.0562. The van der Waals surface area contributed by atoms with Crippen molar-refractivity contribution in [1.82, 2.24) is 10.6 Å². The van der Waals surface area contributed by atoms with E-state index in [0.717, 1.165) is 43.0 Å². The SMILES string of the molecule is C[C@H](CCC(=O)O)NC(=O)OCCCCCNC(=O)CCCCCCC(=O)CC(CCCCCC(=O)c1ccc([80Br])cc1)C(=O)O. The van der Waals surface area contributed by atoms with Crippen LogP contribution < -0.4 is 10.6 Å². The Bertz CT molecular complexity index is 1090. The molecule has 1 aromatic carbocycles. The molecule has 4 N–H and O–H groups in total. The molecule has 1 unspecified atom stereocenters. The molecule has 0 saturated heterocycles. The molecule has 0 aliphatic rings. The monoisotopic (exact) mass is 711 g/mol. The number of carboxylic acids is 2. The number of nitrogens with one attached hydrogen (secondary N) is 2. The van der Waals surface area contributed by atoms with E-state index in [1.807, 2.05) is 12.1 Å². The average molecular weight is 712 g/mol. The number of alkyl carbamates (subject to hydrolysis) is 1. The van der Waals surface area contributed by atoms with Gasteiger partial charge in [-0.05, 0) is 70.4 Å². The van der Waals surface area contributed by atoms with E-state index >= 15 is 0 Å². The van der Waals surface area contributed by atoms with Gasteiger partial charge in [0.1, 0.15) is 5.78 Å². The minimum Gasteiger partial charge on any atom is -0.481 e. The Morgan fingerprint density at radius 1 is 0.761 bits per heavy atom. The number of ether oxygens (including phenoxy) is 1. The zero-order valence-corrected chi connectivity index (χ0v) is 28.6. The van der Waals surface area contributed by atoms with Gasteiger partial charge in [-0.1, -0.05) is 53.7 Å². The summed E-state index contributed by atoms with van der Waals surface area (Å²) in [5.41, 5.74) is 0.667. The van der Waals surface area contributed by atoms with Gasteiger partial charge in [-0.15, -0.1) is 0 Å². The van der Waals surface area contributed by atoms with Gasteiger partial charge >= 0.3 is 18.0 Å². The largest absolute Gasteiger partial charge is 0.481 e. The minimum absolute atomic E-state index is 0.0196. The number of carboxylic acid groups (broad SMARTS) is 2. The molecule has 0 aliphatic heterocycles. The van der Waals surface area contributed by atoms with Crippen molar-refractivity contribution in [3.8, 4) is 0 Å². The zero-order chi connectivity index (χ0) is 34.2. The summed E-state index contributed by atoms with van der Waals surface area (Å²) in [6.07, 6.45) is 8.67. The predicted molar refractivity (Wildman–Crippen MR) is 178 cm³/mol. The molecule has 0 aliphatic carbocycles. The maximum absolute atomic E-state index is 12.4. The third kappa shape index (κ3) is 21.5. The molecular formula is C34H51BrN2O9. The van der Waals surface area contributed by atoms with Crippen LogP contribution in [0.15, 0.2) is 28.7 Å². The number of carbonyl (C=O) groups excluding carboxylic acids is 4. The third-order valence-electron chi connectivity index (χ3n) is 7.59. The molecular weight excluding hydrogens is 660 g/mol. The first-order valence-corrected chi connectivity index (χ1v) is 17.2. The molecule has 2 atom stereocenters. The molecule has 0 saturated carbocycles. The van der Waals surface area contributed by atoms with Crippen LogP contribution in [-0.2, 0) is 23.9 Å². The van der Waals surface area contributed by atoms with Crippen molar-refractivity contribution in [2.45, 2.75) is 122 Å². The van der Waals surface area contributed by atoms with Crippen molar-refractivity contribution in [1.29, 1.82) is 0 Å². The van der Waals surface area contributed by atoms with Crippen molar-refractivity contribution in [3.05, 3.63) is 34.3 Å². The van der Waals surface area contributed by atoms with Gasteiger partial charge in [0.05, 0.1) is 12.5 Å². The van der Waals surface area contributed by atoms with E-state index in [9.17, 15) is 33.9 Å². The summed E-state index contributed by atoms with van der Waals surface area (Å²) < 4.78 is 5.99. The molecule has 12 heteroatoms. The Hall–Kier alpha value is -3.28. The molecule has 46 heavy (non-hydrogen) atoms. The molecule has 0 aromatic heterocycles. The smallest absolute Gasteiger partial charge is 0.407 e. The molecule has 258 valence electrons. The lowest BCUT2D eigenvalue weighted by Gasteiger charge is -2.12. The molecule has 1 aromatic rings. The highest BCUT2D eigenvalue weighted by Crippen LogP contribution is 2.19. The summed E-state index contributed by atoms with van der Waals surface area (Å²) in [5.74, 6) is -2.57. The second kappa shape index (κ2) is 24.9. The van der Waals surface area contributed by atoms with Crippen molar-refractivity contribution < 1.29 is 43.7 Å². The number of carbonyl (C=O) groups is 6. The van der Waals surface area contributed by atoms with Gasteiger partial charge in [-0.2, -0.15) is 0 Å². The number of hydrogen-bond acceptors (Lipinski definition) is 7. The van der Waals surface area contributed by atoms with Crippen molar-refractivity contribution in [2.75, 3.05) is 13.2 Å². The van der Waals surface area contributed by atoms with Gasteiger partial charge < -0.3 is 25.6 Å². The number of unbranched alkanes of at least 4 members (excludes halogenated alkanes) is 7. The lowest BCUT2D eigenvalue weighted by atomic mass is 9.93. The number of benzene rings is 1. The zero-order valence-electron chi connectivity index (χ0n) is 27.0. The second-order valence-electron chi connectivity index (χ2n) is 11.7. The molecule has 0 bridgehead atoms. The van der Waals surface area contributed by atoms with E-state index in [0.29, 0.717) is 69.9 Å². The Morgan fingerprint density at radius 2 is 1.39 bits per heavy atom. The van der Waals surface area contributed by atoms with Gasteiger partial charge in [0.15, 0.2) is 5.78 Å². The first-order valence-electron chi connectivity index (χ1n) is 16.4. The number of amides is 2. The first-order chi connectivity index (χ1) is 22.0. The second-order valence-corrected chi connectivity index (χ2v) is 12.7. The third-order valence-corrected chi connectivity index (χ3v) is 8.12. The van der Waals surface area contributed by atoms with Crippen molar-refractivity contribution >= 4 is 51.4 Å². The molecule has 1 rings (SSSR count). The van der Waals surface area contributed by atoms with Crippen LogP contribution in [0.25, 0.3) is 0 Å². The van der Waals surface area contributed by atoms with Crippen LogP contribution in [0.1, 0.15) is 126 Å². The van der Waals surface area contributed by atoms with E-state index < -0.39 is 23.9 Å². The fourth-order valence-electron chi connectivity index (χ4n) is 4.82. The average Bonchev–Trinajstić information content (AvgIpc) is 3.00. The Kier molecular flexibility index (Phi) is 22.0. The Balaban J connectivity index is 2.02. The Morgan fingerprint density at radius 3 is 2.07 bits per heavy atom. The topological polar surface area (TPSA) is 176 Å². The van der Waals surface area contributed by atoms with Crippen LogP contribution in [0, 0.1) is 5.92 Å². The number of ketones is 2. The maximum atomic E-state index is 12.4. The number of hydrogen-bond donors (Lipinski definition) is 4. The van der Waals surface area contributed by atoms with Gasteiger partial charge in [-0.25, -0.2) is 4.79 Å². The molecule has 0 radical (unpaired) electrons. The highest BCUT2D eigenvalue weighted by molar-refractivity contribution is 9.10. The van der Waals surface area contributed by atoms with Gasteiger partial charge in [0.2, 0.25) is 5.91 Å². The molecule has 0 spiro atoms. The number of halogens is 1. The van der Waals surface area contributed by atoms with Crippen LogP contribution in [0.2, 0.25) is 0 Å². The summed E-state index contributed by atoms with van der Waals surface area (Å²) in [7, 11) is 0. The van der Waals surface area contributed by atoms with E-state index in [1.54, 1.807) is 19.1 Å². The lowest BCUT2D eigenvalue weighted by molar-refractivity contribution is -0.144. The van der Waals surface area contributed by atoms with E-state index in [-0.39, 0.29) is 43.0 Å². The summed E-state index contributed by atoms with van der Waals surface area (Å²) in [4.78, 5) is 70.5. The minimum atomic E-state index is -0.956. The van der Waals surface area contributed by atoms with Crippen LogP contribution in [0.4, 0.5) is 4.79 Å². The van der Waals surface area contributed by atoms with Crippen LogP contribution >= 0.6 is 15.9 Å².